The zero-order valence-electron chi connectivity index (χ0n) is 17.1. The fourth-order valence-electron chi connectivity index (χ4n) is 3.24. The summed E-state index contributed by atoms with van der Waals surface area (Å²) < 4.78 is 40.6. The molecule has 0 fully saturated rings. The zero-order valence-corrected chi connectivity index (χ0v) is 17.1. The quantitative estimate of drug-likeness (QED) is 0.615. The predicted molar refractivity (Wildman–Crippen MR) is 112 cm³/mol. The molecular formula is C21H22F3N5O2. The summed E-state index contributed by atoms with van der Waals surface area (Å²) in [7, 11) is 0. The summed E-state index contributed by atoms with van der Waals surface area (Å²) in [4.78, 5) is 26.8. The highest BCUT2D eigenvalue weighted by molar-refractivity contribution is 5.94. The number of carbonyl (C=O) groups excluding carboxylic acids is 1. The van der Waals surface area contributed by atoms with Crippen molar-refractivity contribution in [3.8, 4) is 0 Å². The monoisotopic (exact) mass is 433 g/mol. The van der Waals surface area contributed by atoms with Gasteiger partial charge in [0.25, 0.3) is 5.56 Å². The van der Waals surface area contributed by atoms with E-state index in [4.69, 9.17) is 0 Å². The number of hydrogen-bond donors (Lipinski definition) is 1. The summed E-state index contributed by atoms with van der Waals surface area (Å²) >= 11 is 0. The molecule has 164 valence electrons. The Morgan fingerprint density at radius 2 is 1.84 bits per heavy atom. The van der Waals surface area contributed by atoms with Crippen molar-refractivity contribution < 1.29 is 18.0 Å². The molecule has 0 aliphatic carbocycles. The molecule has 0 unspecified atom stereocenters. The minimum absolute atomic E-state index is 0.0535. The van der Waals surface area contributed by atoms with Crippen LogP contribution in [0.4, 0.5) is 24.5 Å². The van der Waals surface area contributed by atoms with Crippen LogP contribution >= 0.6 is 0 Å². The SMILES string of the molecule is CCN(CC)c1ccc(C(F)(F)F)cc1NC(=O)CCn1nnc2ccccc2c1=O. The molecular weight excluding hydrogens is 411 g/mol. The van der Waals surface area contributed by atoms with Crippen LogP contribution in [0.2, 0.25) is 0 Å². The molecule has 0 aliphatic heterocycles. The largest absolute Gasteiger partial charge is 0.416 e. The number of alkyl halides is 3. The van der Waals surface area contributed by atoms with E-state index < -0.39 is 17.6 Å². The van der Waals surface area contributed by atoms with Crippen molar-refractivity contribution in [2.75, 3.05) is 23.3 Å². The van der Waals surface area contributed by atoms with E-state index in [0.29, 0.717) is 29.7 Å². The lowest BCUT2D eigenvalue weighted by molar-refractivity contribution is -0.137. The first-order valence-corrected chi connectivity index (χ1v) is 9.83. The Bertz CT molecular complexity index is 1140. The minimum atomic E-state index is -4.53. The Hall–Kier alpha value is -3.43. The average Bonchev–Trinajstić information content (AvgIpc) is 2.74. The highest BCUT2D eigenvalue weighted by atomic mass is 19.4. The summed E-state index contributed by atoms with van der Waals surface area (Å²) in [6.45, 7) is 4.82. The Balaban J connectivity index is 1.81. The molecule has 1 aromatic heterocycles. The zero-order chi connectivity index (χ0) is 22.6. The fraction of sp³-hybridized carbons (Fsp3) is 0.333. The topological polar surface area (TPSA) is 80.1 Å². The highest BCUT2D eigenvalue weighted by Gasteiger charge is 2.31. The molecule has 2 aromatic carbocycles. The van der Waals surface area contributed by atoms with E-state index in [1.54, 1.807) is 24.3 Å². The third-order valence-corrected chi connectivity index (χ3v) is 4.88. The molecule has 0 bridgehead atoms. The van der Waals surface area contributed by atoms with Gasteiger partial charge in [-0.3, -0.25) is 9.59 Å². The molecule has 1 heterocycles. The van der Waals surface area contributed by atoms with Crippen LogP contribution in [0.3, 0.4) is 0 Å². The van der Waals surface area contributed by atoms with Crippen LogP contribution in [0.5, 0.6) is 0 Å². The molecule has 3 rings (SSSR count). The number of anilines is 2. The first kappa shape index (κ1) is 22.3. The molecule has 0 radical (unpaired) electrons. The number of amides is 1. The lowest BCUT2D eigenvalue weighted by Gasteiger charge is -2.25. The fourth-order valence-corrected chi connectivity index (χ4v) is 3.24. The molecule has 7 nitrogen and oxygen atoms in total. The van der Waals surface area contributed by atoms with Crippen LogP contribution in [0.25, 0.3) is 10.9 Å². The number of fused-ring (bicyclic) bond motifs is 1. The molecule has 0 saturated carbocycles. The van der Waals surface area contributed by atoms with Crippen molar-refractivity contribution in [3.63, 3.8) is 0 Å². The van der Waals surface area contributed by atoms with Gasteiger partial charge in [-0.25, -0.2) is 4.68 Å². The van der Waals surface area contributed by atoms with Gasteiger partial charge in [-0.1, -0.05) is 17.3 Å². The molecule has 31 heavy (non-hydrogen) atoms. The highest BCUT2D eigenvalue weighted by Crippen LogP contribution is 2.35. The van der Waals surface area contributed by atoms with E-state index >= 15 is 0 Å². The van der Waals surface area contributed by atoms with E-state index in [2.05, 4.69) is 15.6 Å². The number of hydrogen-bond acceptors (Lipinski definition) is 5. The van der Waals surface area contributed by atoms with Crippen LogP contribution in [-0.2, 0) is 17.5 Å². The normalized spacial score (nSPS) is 11.5. The number of nitrogens with zero attached hydrogens (tertiary/aromatic N) is 4. The first-order valence-electron chi connectivity index (χ1n) is 9.83. The van der Waals surface area contributed by atoms with Crippen molar-refractivity contribution in [2.45, 2.75) is 33.0 Å². The predicted octanol–water partition coefficient (Wildman–Crippen LogP) is 3.69. The summed E-state index contributed by atoms with van der Waals surface area (Å²) in [5, 5.41) is 10.7. The van der Waals surface area contributed by atoms with E-state index in [0.717, 1.165) is 16.8 Å². The third-order valence-electron chi connectivity index (χ3n) is 4.88. The standard InChI is InChI=1S/C21H22F3N5O2/c1-3-28(4-2)18-10-9-14(21(22,23)24)13-17(18)25-19(30)11-12-29-20(31)15-7-5-6-8-16(15)26-27-29/h5-10,13H,3-4,11-12H2,1-2H3,(H,25,30). The Labute approximate surface area is 176 Å². The number of halogens is 3. The van der Waals surface area contributed by atoms with E-state index in [1.165, 1.54) is 6.07 Å². The lowest BCUT2D eigenvalue weighted by Crippen LogP contribution is -2.27. The Morgan fingerprint density at radius 3 is 2.52 bits per heavy atom. The number of rotatable bonds is 7. The number of aryl methyl sites for hydroxylation is 1. The van der Waals surface area contributed by atoms with Gasteiger partial charge in [0.05, 0.1) is 28.9 Å². The van der Waals surface area contributed by atoms with E-state index in [1.807, 2.05) is 18.7 Å². The number of benzene rings is 2. The average molecular weight is 433 g/mol. The van der Waals surface area contributed by atoms with Crippen molar-refractivity contribution in [2.24, 2.45) is 0 Å². The lowest BCUT2D eigenvalue weighted by atomic mass is 10.1. The first-order chi connectivity index (χ1) is 14.7. The summed E-state index contributed by atoms with van der Waals surface area (Å²) in [5.74, 6) is -0.533. The molecule has 0 aliphatic rings. The van der Waals surface area contributed by atoms with Crippen molar-refractivity contribution >= 4 is 28.2 Å². The van der Waals surface area contributed by atoms with Gasteiger partial charge < -0.3 is 10.2 Å². The van der Waals surface area contributed by atoms with Gasteiger partial charge in [-0.05, 0) is 44.2 Å². The second-order valence-electron chi connectivity index (χ2n) is 6.84. The van der Waals surface area contributed by atoms with Gasteiger partial charge in [0.1, 0.15) is 5.52 Å². The summed E-state index contributed by atoms with van der Waals surface area (Å²) in [6.07, 6.45) is -4.68. The van der Waals surface area contributed by atoms with Gasteiger partial charge in [-0.15, -0.1) is 5.10 Å². The van der Waals surface area contributed by atoms with E-state index in [-0.39, 0.29) is 24.2 Å². The maximum atomic E-state index is 13.2. The minimum Gasteiger partial charge on any atom is -0.370 e. The molecule has 10 heteroatoms. The summed E-state index contributed by atoms with van der Waals surface area (Å²) in [6, 6.07) is 9.97. The van der Waals surface area contributed by atoms with Crippen molar-refractivity contribution in [3.05, 3.63) is 58.4 Å². The van der Waals surface area contributed by atoms with Gasteiger partial charge in [-0.2, -0.15) is 13.2 Å². The second-order valence-corrected chi connectivity index (χ2v) is 6.84. The van der Waals surface area contributed by atoms with Crippen molar-refractivity contribution in [1.82, 2.24) is 15.0 Å². The maximum Gasteiger partial charge on any atom is 0.416 e. The smallest absolute Gasteiger partial charge is 0.370 e. The van der Waals surface area contributed by atoms with Crippen LogP contribution in [-0.4, -0.2) is 34.0 Å². The van der Waals surface area contributed by atoms with Gasteiger partial charge >= 0.3 is 6.18 Å². The maximum absolute atomic E-state index is 13.2. The Kier molecular flexibility index (Phi) is 6.57. The molecule has 1 N–H and O–H groups in total. The Morgan fingerprint density at radius 1 is 1.13 bits per heavy atom. The van der Waals surface area contributed by atoms with Gasteiger partial charge in [0, 0.05) is 19.5 Å². The number of aromatic nitrogens is 3. The van der Waals surface area contributed by atoms with Crippen molar-refractivity contribution in [1.29, 1.82) is 0 Å². The van der Waals surface area contributed by atoms with Gasteiger partial charge in [0.15, 0.2) is 0 Å². The second kappa shape index (κ2) is 9.15. The van der Waals surface area contributed by atoms with E-state index in [9.17, 15) is 22.8 Å². The third kappa shape index (κ3) is 5.01. The van der Waals surface area contributed by atoms with Crippen LogP contribution in [0.1, 0.15) is 25.8 Å². The van der Waals surface area contributed by atoms with Gasteiger partial charge in [0.2, 0.25) is 5.91 Å². The number of nitrogens with one attached hydrogen (secondary N) is 1. The molecule has 3 aromatic rings. The summed E-state index contributed by atoms with van der Waals surface area (Å²) in [5.41, 5.74) is -0.230. The van der Waals surface area contributed by atoms with Crippen LogP contribution in [0.15, 0.2) is 47.3 Å². The number of carbonyl (C=O) groups is 1. The molecule has 0 atom stereocenters. The van der Waals surface area contributed by atoms with Crippen LogP contribution < -0.4 is 15.8 Å². The van der Waals surface area contributed by atoms with Crippen LogP contribution in [0, 0.1) is 0 Å². The molecule has 1 amide bonds. The molecule has 0 spiro atoms. The molecule has 0 saturated heterocycles.